The van der Waals surface area contributed by atoms with E-state index in [9.17, 15) is 9.59 Å². The van der Waals surface area contributed by atoms with Gasteiger partial charge in [-0.05, 0) is 18.9 Å². The normalized spacial score (nSPS) is 30.7. The zero-order valence-corrected chi connectivity index (χ0v) is 17.7. The van der Waals surface area contributed by atoms with Gasteiger partial charge in [-0.1, -0.05) is 34.9 Å². The summed E-state index contributed by atoms with van der Waals surface area (Å²) in [4.78, 5) is 23.1. The van der Waals surface area contributed by atoms with Crippen molar-refractivity contribution in [3.05, 3.63) is 12.2 Å². The molecule has 1 aliphatic heterocycles. The molecule has 0 spiro atoms. The fourth-order valence-corrected chi connectivity index (χ4v) is 3.59. The molecule has 1 rings (SSSR count). The van der Waals surface area contributed by atoms with Crippen molar-refractivity contribution in [1.29, 1.82) is 0 Å². The number of terminal acetylenes is 1. The molecule has 5 nitrogen and oxygen atoms in total. The Bertz CT molecular complexity index is 545. The second-order valence-corrected chi connectivity index (χ2v) is 7.96. The maximum Gasteiger partial charge on any atom is 0.302 e. The molecule has 0 N–H and O–H groups in total. The van der Waals surface area contributed by atoms with E-state index in [2.05, 4.69) is 21.9 Å². The molecule has 1 saturated heterocycles. The third kappa shape index (κ3) is 7.69. The number of halogens is 2. The van der Waals surface area contributed by atoms with Gasteiger partial charge in [0.25, 0.3) is 0 Å². The van der Waals surface area contributed by atoms with Crippen molar-refractivity contribution in [2.75, 3.05) is 0 Å². The molecule has 6 atom stereocenters. The van der Waals surface area contributed by atoms with Crippen LogP contribution < -0.4 is 0 Å². The van der Waals surface area contributed by atoms with Crippen molar-refractivity contribution in [2.45, 2.75) is 81.1 Å². The maximum atomic E-state index is 11.6. The average Bonchev–Trinajstić information content (AvgIpc) is 2.56. The van der Waals surface area contributed by atoms with Gasteiger partial charge in [0.1, 0.15) is 12.2 Å². The Hall–Kier alpha value is -1.03. The third-order valence-corrected chi connectivity index (χ3v) is 5.80. The third-order valence-electron chi connectivity index (χ3n) is 4.10. The summed E-state index contributed by atoms with van der Waals surface area (Å²) < 4.78 is 17.1. The smallest absolute Gasteiger partial charge is 0.302 e. The largest absolute Gasteiger partial charge is 0.461 e. The number of hydrogen-bond acceptors (Lipinski definition) is 5. The second kappa shape index (κ2) is 11.6. The minimum atomic E-state index is -0.560. The Balaban J connectivity index is 3.12. The molecule has 26 heavy (non-hydrogen) atoms. The molecule has 0 saturated carbocycles. The maximum absolute atomic E-state index is 11.6. The van der Waals surface area contributed by atoms with Crippen LogP contribution in [0.25, 0.3) is 0 Å². The van der Waals surface area contributed by atoms with Crippen LogP contribution in [0, 0.1) is 12.3 Å². The van der Waals surface area contributed by atoms with Gasteiger partial charge in [-0.25, -0.2) is 0 Å². The zero-order valence-electron chi connectivity index (χ0n) is 15.3. The monoisotopic (exact) mass is 448 g/mol. The highest BCUT2D eigenvalue weighted by molar-refractivity contribution is 9.09. The van der Waals surface area contributed by atoms with Gasteiger partial charge in [-0.15, -0.1) is 18.0 Å². The van der Waals surface area contributed by atoms with Crippen LogP contribution in [0.2, 0.25) is 0 Å². The molecular formula is C19H26BrClO5. The first-order valence-electron chi connectivity index (χ1n) is 8.67. The van der Waals surface area contributed by atoms with Crippen LogP contribution in [0.3, 0.4) is 0 Å². The van der Waals surface area contributed by atoms with Gasteiger partial charge in [0.15, 0.2) is 0 Å². The molecule has 0 aromatic carbocycles. The lowest BCUT2D eigenvalue weighted by atomic mass is 9.95. The number of carbonyl (C=O) groups excluding carboxylic acids is 2. The van der Waals surface area contributed by atoms with E-state index >= 15 is 0 Å². The summed E-state index contributed by atoms with van der Waals surface area (Å²) in [6.07, 6.45) is 9.01. The average molecular weight is 450 g/mol. The fraction of sp³-hybridized carbons (Fsp3) is 0.684. The zero-order chi connectivity index (χ0) is 19.7. The fourth-order valence-electron chi connectivity index (χ4n) is 2.92. The van der Waals surface area contributed by atoms with Gasteiger partial charge in [-0.2, -0.15) is 0 Å². The Labute approximate surface area is 168 Å². The van der Waals surface area contributed by atoms with E-state index in [-0.39, 0.29) is 17.0 Å². The first-order valence-corrected chi connectivity index (χ1v) is 10.0. The van der Waals surface area contributed by atoms with Crippen LogP contribution in [0.15, 0.2) is 12.2 Å². The van der Waals surface area contributed by atoms with Gasteiger partial charge in [-0.3, -0.25) is 9.59 Å². The van der Waals surface area contributed by atoms with Crippen molar-refractivity contribution in [2.24, 2.45) is 0 Å². The molecule has 7 heteroatoms. The number of carbonyl (C=O) groups is 2. The van der Waals surface area contributed by atoms with Crippen LogP contribution in [0.1, 0.15) is 46.5 Å². The van der Waals surface area contributed by atoms with Gasteiger partial charge >= 0.3 is 11.9 Å². The van der Waals surface area contributed by atoms with Crippen molar-refractivity contribution < 1.29 is 23.8 Å². The summed E-state index contributed by atoms with van der Waals surface area (Å²) >= 11 is 10.2. The molecule has 1 fully saturated rings. The van der Waals surface area contributed by atoms with E-state index in [4.69, 9.17) is 32.2 Å². The number of rotatable bonds is 6. The van der Waals surface area contributed by atoms with Gasteiger partial charge in [0.2, 0.25) is 0 Å². The minimum absolute atomic E-state index is 0.0413. The number of allylic oxidation sites excluding steroid dienone is 1. The Morgan fingerprint density at radius 3 is 2.46 bits per heavy atom. The molecular weight excluding hydrogens is 424 g/mol. The summed E-state index contributed by atoms with van der Waals surface area (Å²) in [5, 5.41) is -0.495. The Morgan fingerprint density at radius 2 is 1.92 bits per heavy atom. The van der Waals surface area contributed by atoms with Crippen LogP contribution in [0.4, 0.5) is 0 Å². The molecule has 1 aliphatic rings. The highest BCUT2D eigenvalue weighted by Crippen LogP contribution is 2.32. The molecule has 0 bridgehead atoms. The van der Waals surface area contributed by atoms with Crippen LogP contribution in [0.5, 0.6) is 0 Å². The summed E-state index contributed by atoms with van der Waals surface area (Å²) in [7, 11) is 0. The standard InChI is InChI=1S/C19H26BrClO5/c1-5-7-8-9-16-19(25-13(4)23)10-15(21)18(24-12(3)22)11-17(26-16)14(20)6-2/h1,7-8,14-19H,6,9-11H2,2-4H3/b8-7+/t14-,15-,16-,17+,18-,19+/m0/s1. The predicted molar refractivity (Wildman–Crippen MR) is 104 cm³/mol. The molecule has 0 radical (unpaired) electrons. The SMILES string of the molecule is C#C/C=C/C[C@@H]1O[C@@H]([C@@H](Br)CC)C[C@H](OC(C)=O)[C@@H](Cl)C[C@H]1OC(C)=O. The topological polar surface area (TPSA) is 61.8 Å². The number of alkyl halides is 2. The number of esters is 2. The molecule has 0 aliphatic carbocycles. The highest BCUT2D eigenvalue weighted by atomic mass is 79.9. The summed E-state index contributed by atoms with van der Waals surface area (Å²) in [5.74, 6) is 1.62. The Kier molecular flexibility index (Phi) is 10.3. The van der Waals surface area contributed by atoms with Crippen LogP contribution in [-0.2, 0) is 23.8 Å². The molecule has 146 valence electrons. The van der Waals surface area contributed by atoms with Crippen LogP contribution in [-0.4, -0.2) is 46.6 Å². The second-order valence-electron chi connectivity index (χ2n) is 6.23. The van der Waals surface area contributed by atoms with Gasteiger partial charge in [0, 0.05) is 31.5 Å². The summed E-state index contributed by atoms with van der Waals surface area (Å²) in [6, 6.07) is 0. The van der Waals surface area contributed by atoms with E-state index in [1.807, 2.05) is 13.0 Å². The van der Waals surface area contributed by atoms with Gasteiger partial charge in [0.05, 0.1) is 17.6 Å². The lowest BCUT2D eigenvalue weighted by Crippen LogP contribution is -2.47. The first kappa shape index (κ1) is 23.0. The number of hydrogen-bond donors (Lipinski definition) is 0. The van der Waals surface area contributed by atoms with E-state index in [0.717, 1.165) is 6.42 Å². The van der Waals surface area contributed by atoms with Gasteiger partial charge < -0.3 is 14.2 Å². The summed E-state index contributed by atoms with van der Waals surface area (Å²) in [6.45, 7) is 4.72. The van der Waals surface area contributed by atoms with Crippen molar-refractivity contribution in [3.8, 4) is 12.3 Å². The van der Waals surface area contributed by atoms with Crippen molar-refractivity contribution in [1.82, 2.24) is 0 Å². The summed E-state index contributed by atoms with van der Waals surface area (Å²) in [5.41, 5.74) is 0. The highest BCUT2D eigenvalue weighted by Gasteiger charge is 2.39. The van der Waals surface area contributed by atoms with E-state index in [1.165, 1.54) is 13.8 Å². The van der Waals surface area contributed by atoms with E-state index in [1.54, 1.807) is 6.08 Å². The Morgan fingerprint density at radius 1 is 1.31 bits per heavy atom. The van der Waals surface area contributed by atoms with E-state index < -0.39 is 29.5 Å². The lowest BCUT2D eigenvalue weighted by molar-refractivity contribution is -0.169. The van der Waals surface area contributed by atoms with Crippen molar-refractivity contribution >= 4 is 39.5 Å². The molecule has 0 aromatic rings. The quantitative estimate of drug-likeness (QED) is 0.351. The lowest BCUT2D eigenvalue weighted by Gasteiger charge is -2.38. The van der Waals surface area contributed by atoms with Crippen molar-refractivity contribution in [3.63, 3.8) is 0 Å². The first-order chi connectivity index (χ1) is 12.3. The minimum Gasteiger partial charge on any atom is -0.461 e. The predicted octanol–water partition coefficient (Wildman–Crippen LogP) is 3.76. The van der Waals surface area contributed by atoms with E-state index in [0.29, 0.717) is 19.3 Å². The molecule has 0 unspecified atom stereocenters. The van der Waals surface area contributed by atoms with Crippen LogP contribution >= 0.6 is 27.5 Å². The molecule has 0 aromatic heterocycles. The molecule has 0 amide bonds. The number of ether oxygens (including phenoxy) is 3. The molecule has 1 heterocycles.